The van der Waals surface area contributed by atoms with Crippen LogP contribution >= 0.6 is 11.6 Å². The summed E-state index contributed by atoms with van der Waals surface area (Å²) in [5.41, 5.74) is 0.164. The number of anilines is 1. The molecule has 1 saturated heterocycles. The monoisotopic (exact) mass is 395 g/mol. The number of pyridine rings is 1. The number of amides is 1. The van der Waals surface area contributed by atoms with Crippen molar-refractivity contribution in [3.8, 4) is 0 Å². The Bertz CT molecular complexity index is 884. The van der Waals surface area contributed by atoms with Crippen LogP contribution in [-0.2, 0) is 14.8 Å². The minimum absolute atomic E-state index is 0.0410. The maximum Gasteiger partial charge on any atom is 0.256 e. The van der Waals surface area contributed by atoms with E-state index in [1.54, 1.807) is 24.4 Å². The van der Waals surface area contributed by atoms with E-state index in [2.05, 4.69) is 15.0 Å². The third-order valence-electron chi connectivity index (χ3n) is 3.91. The second-order valence-corrected chi connectivity index (χ2v) is 7.94. The smallest absolute Gasteiger partial charge is 0.256 e. The first-order valence-corrected chi connectivity index (χ1v) is 9.95. The summed E-state index contributed by atoms with van der Waals surface area (Å²) in [5, 5.41) is 2.65. The van der Waals surface area contributed by atoms with Crippen LogP contribution in [-0.4, -0.2) is 38.6 Å². The number of hydrogen-bond acceptors (Lipinski definition) is 5. The summed E-state index contributed by atoms with van der Waals surface area (Å²) in [6.07, 6.45) is 3.13. The van der Waals surface area contributed by atoms with Gasteiger partial charge in [-0.25, -0.2) is 18.1 Å². The van der Waals surface area contributed by atoms with Gasteiger partial charge < -0.3 is 10.1 Å². The number of carbonyl (C=O) groups excluding carboxylic acids is 1. The average Bonchev–Trinajstić information content (AvgIpc) is 3.15. The molecule has 2 aromatic rings. The summed E-state index contributed by atoms with van der Waals surface area (Å²) in [5.74, 6) is -0.107. The molecule has 0 bridgehead atoms. The summed E-state index contributed by atoms with van der Waals surface area (Å²) >= 11 is 6.05. The van der Waals surface area contributed by atoms with Gasteiger partial charge >= 0.3 is 0 Å². The number of nitrogens with one attached hydrogen (secondary N) is 2. The molecule has 26 heavy (non-hydrogen) atoms. The van der Waals surface area contributed by atoms with Crippen molar-refractivity contribution in [3.63, 3.8) is 0 Å². The molecule has 2 N–H and O–H groups in total. The van der Waals surface area contributed by atoms with Gasteiger partial charge in [-0.2, -0.15) is 0 Å². The lowest BCUT2D eigenvalue weighted by Crippen LogP contribution is -2.32. The minimum Gasteiger partial charge on any atom is -0.377 e. The van der Waals surface area contributed by atoms with Crippen LogP contribution in [0, 0.1) is 0 Å². The molecule has 1 fully saturated rings. The van der Waals surface area contributed by atoms with Crippen molar-refractivity contribution in [3.05, 3.63) is 53.2 Å². The molecule has 2 heterocycles. The van der Waals surface area contributed by atoms with Crippen molar-refractivity contribution in [2.24, 2.45) is 0 Å². The Balaban J connectivity index is 1.76. The van der Waals surface area contributed by atoms with Crippen LogP contribution in [0.5, 0.6) is 0 Å². The topological polar surface area (TPSA) is 97.4 Å². The summed E-state index contributed by atoms with van der Waals surface area (Å²) in [6.45, 7) is 0.805. The van der Waals surface area contributed by atoms with Crippen molar-refractivity contribution in [2.45, 2.75) is 23.8 Å². The first-order chi connectivity index (χ1) is 12.5. The van der Waals surface area contributed by atoms with Crippen LogP contribution in [0.15, 0.2) is 47.5 Å². The summed E-state index contributed by atoms with van der Waals surface area (Å²) in [6, 6.07) is 9.18. The Kier molecular flexibility index (Phi) is 5.87. The lowest BCUT2D eigenvalue weighted by atomic mass is 10.2. The maximum atomic E-state index is 12.5. The molecule has 0 saturated carbocycles. The fourth-order valence-corrected chi connectivity index (χ4v) is 4.15. The lowest BCUT2D eigenvalue weighted by Gasteiger charge is -2.13. The number of sulfonamides is 1. The van der Waals surface area contributed by atoms with Crippen LogP contribution in [0.2, 0.25) is 5.02 Å². The average molecular weight is 396 g/mol. The number of rotatable bonds is 6. The standard InChI is InChI=1S/C17H18ClN3O4S/c18-14-7-6-12(17(22)21-16-5-1-2-8-19-16)10-15(14)26(23,24)20-11-13-4-3-9-25-13/h1-2,5-8,10,13,20H,3-4,9,11H2,(H,19,21,22). The molecule has 9 heteroatoms. The summed E-state index contributed by atoms with van der Waals surface area (Å²) in [7, 11) is -3.86. The van der Waals surface area contributed by atoms with Crippen molar-refractivity contribution in [2.75, 3.05) is 18.5 Å². The van der Waals surface area contributed by atoms with E-state index in [0.29, 0.717) is 12.4 Å². The van der Waals surface area contributed by atoms with Crippen molar-refractivity contribution in [1.29, 1.82) is 0 Å². The first-order valence-electron chi connectivity index (χ1n) is 8.09. The van der Waals surface area contributed by atoms with Gasteiger partial charge in [0.15, 0.2) is 0 Å². The Labute approximate surface area is 156 Å². The number of hydrogen-bond donors (Lipinski definition) is 2. The van der Waals surface area contributed by atoms with Gasteiger partial charge in [0.05, 0.1) is 11.1 Å². The van der Waals surface area contributed by atoms with Gasteiger partial charge in [-0.05, 0) is 43.2 Å². The van der Waals surface area contributed by atoms with Crippen LogP contribution in [0.1, 0.15) is 23.2 Å². The zero-order valence-electron chi connectivity index (χ0n) is 13.8. The highest BCUT2D eigenvalue weighted by atomic mass is 35.5. The molecule has 3 rings (SSSR count). The van der Waals surface area contributed by atoms with Crippen LogP contribution in [0.4, 0.5) is 5.82 Å². The fourth-order valence-electron chi connectivity index (χ4n) is 2.56. The van der Waals surface area contributed by atoms with Crippen molar-refractivity contribution >= 4 is 33.3 Å². The molecule has 0 spiro atoms. The third kappa shape index (κ3) is 4.59. The van der Waals surface area contributed by atoms with Crippen molar-refractivity contribution in [1.82, 2.24) is 9.71 Å². The first kappa shape index (κ1) is 18.8. The van der Waals surface area contributed by atoms with Crippen LogP contribution in [0.25, 0.3) is 0 Å². The maximum absolute atomic E-state index is 12.5. The molecule has 1 atom stereocenters. The summed E-state index contributed by atoms with van der Waals surface area (Å²) in [4.78, 5) is 16.2. The number of nitrogens with zero attached hydrogens (tertiary/aromatic N) is 1. The van der Waals surface area contributed by atoms with E-state index < -0.39 is 15.9 Å². The quantitative estimate of drug-likeness (QED) is 0.782. The van der Waals surface area contributed by atoms with Gasteiger partial charge in [0.2, 0.25) is 10.0 Å². The summed E-state index contributed by atoms with van der Waals surface area (Å²) < 4.78 is 33.0. The van der Waals surface area contributed by atoms with E-state index in [1.165, 1.54) is 18.2 Å². The van der Waals surface area contributed by atoms with E-state index in [0.717, 1.165) is 12.8 Å². The fraction of sp³-hybridized carbons (Fsp3) is 0.294. The highest BCUT2D eigenvalue weighted by Gasteiger charge is 2.23. The molecule has 7 nitrogen and oxygen atoms in total. The number of carbonyl (C=O) groups is 1. The Hall–Kier alpha value is -2.00. The second-order valence-electron chi connectivity index (χ2n) is 5.80. The van der Waals surface area contributed by atoms with Crippen LogP contribution < -0.4 is 10.0 Å². The van der Waals surface area contributed by atoms with Gasteiger partial charge in [-0.1, -0.05) is 17.7 Å². The van der Waals surface area contributed by atoms with E-state index in [4.69, 9.17) is 16.3 Å². The van der Waals surface area contributed by atoms with Crippen molar-refractivity contribution < 1.29 is 17.9 Å². The largest absolute Gasteiger partial charge is 0.377 e. The number of ether oxygens (including phenoxy) is 1. The molecular weight excluding hydrogens is 378 g/mol. The second kappa shape index (κ2) is 8.13. The Morgan fingerprint density at radius 2 is 2.15 bits per heavy atom. The zero-order valence-corrected chi connectivity index (χ0v) is 15.4. The van der Waals surface area contributed by atoms with Gasteiger partial charge in [0, 0.05) is 24.9 Å². The van der Waals surface area contributed by atoms with E-state index >= 15 is 0 Å². The van der Waals surface area contributed by atoms with Crippen LogP contribution in [0.3, 0.4) is 0 Å². The number of aromatic nitrogens is 1. The van der Waals surface area contributed by atoms with Gasteiger partial charge in [0.25, 0.3) is 5.91 Å². The van der Waals surface area contributed by atoms with Gasteiger partial charge in [-0.15, -0.1) is 0 Å². The highest BCUT2D eigenvalue weighted by molar-refractivity contribution is 7.89. The molecule has 1 amide bonds. The zero-order chi connectivity index (χ0) is 18.6. The predicted octanol–water partition coefficient (Wildman–Crippen LogP) is 2.44. The molecule has 1 unspecified atom stereocenters. The van der Waals surface area contributed by atoms with Gasteiger partial charge in [-0.3, -0.25) is 4.79 Å². The Morgan fingerprint density at radius 3 is 2.85 bits per heavy atom. The molecule has 0 radical (unpaired) electrons. The molecule has 138 valence electrons. The minimum atomic E-state index is -3.86. The SMILES string of the molecule is O=C(Nc1ccccn1)c1ccc(Cl)c(S(=O)(=O)NCC2CCCO2)c1. The molecule has 1 aromatic heterocycles. The Morgan fingerprint density at radius 1 is 1.31 bits per heavy atom. The predicted molar refractivity (Wildman–Crippen MR) is 97.8 cm³/mol. The van der Waals surface area contributed by atoms with E-state index in [1.807, 2.05) is 0 Å². The third-order valence-corrected chi connectivity index (χ3v) is 5.82. The van der Waals surface area contributed by atoms with E-state index in [9.17, 15) is 13.2 Å². The van der Waals surface area contributed by atoms with E-state index in [-0.39, 0.29) is 28.1 Å². The molecule has 1 aliphatic rings. The lowest BCUT2D eigenvalue weighted by molar-refractivity contribution is 0.102. The highest BCUT2D eigenvalue weighted by Crippen LogP contribution is 2.23. The number of benzene rings is 1. The van der Waals surface area contributed by atoms with Gasteiger partial charge in [0.1, 0.15) is 10.7 Å². The normalized spacial score (nSPS) is 17.2. The molecule has 0 aliphatic carbocycles. The molecule has 1 aliphatic heterocycles. The number of halogens is 1. The molecule has 1 aromatic carbocycles. The molecular formula is C17H18ClN3O4S.